The average Bonchev–Trinajstić information content (AvgIpc) is 1.99. The Labute approximate surface area is 95.8 Å². The predicted molar refractivity (Wildman–Crippen MR) is 45.3 cm³/mol. The molecule has 0 nitrogen and oxygen atoms in total. The number of rotatable bonds is 2. The minimum absolute atomic E-state index is 0.00820. The lowest BCUT2D eigenvalue weighted by atomic mass is 10.2. The number of hydrogen-bond donors (Lipinski definition) is 0. The van der Waals surface area contributed by atoms with Gasteiger partial charge < -0.3 is 0 Å². The molecule has 0 saturated carbocycles. The van der Waals surface area contributed by atoms with E-state index in [0.29, 0.717) is 0 Å². The van der Waals surface area contributed by atoms with Crippen LogP contribution in [0.4, 0.5) is 26.3 Å². The minimum Gasteiger partial charge on any atom is -0.169 e. The molecule has 0 aromatic heterocycles. The molecule has 9 heteroatoms. The zero-order valence-electron chi connectivity index (χ0n) is 6.63. The normalized spacial score (nSPS) is 18.9. The summed E-state index contributed by atoms with van der Waals surface area (Å²) in [5.41, 5.74) is 0. The number of halogens is 9. The summed E-state index contributed by atoms with van der Waals surface area (Å²) in [6.07, 6.45) is -9.82. The molecule has 90 valence electrons. The van der Waals surface area contributed by atoms with Crippen LogP contribution < -0.4 is 0 Å². The Morgan fingerprint density at radius 2 is 1.40 bits per heavy atom. The highest BCUT2D eigenvalue weighted by Crippen LogP contribution is 2.34. The van der Waals surface area contributed by atoms with Crippen LogP contribution in [0.15, 0.2) is 11.1 Å². The van der Waals surface area contributed by atoms with Crippen molar-refractivity contribution < 1.29 is 26.3 Å². The Bertz CT molecular complexity index is 242. The van der Waals surface area contributed by atoms with E-state index in [0.717, 1.165) is 0 Å². The van der Waals surface area contributed by atoms with Gasteiger partial charge in [-0.05, 0) is 6.08 Å². The van der Waals surface area contributed by atoms with E-state index in [1.165, 1.54) is 0 Å². The Kier molecular flexibility index (Phi) is 5.08. The molecule has 2 atom stereocenters. The molecular weight excluding hydrogens is 292 g/mol. The molecule has 0 aliphatic rings. The van der Waals surface area contributed by atoms with E-state index >= 15 is 0 Å². The van der Waals surface area contributed by atoms with Crippen molar-refractivity contribution in [3.63, 3.8) is 0 Å². The molecule has 0 N–H and O–H groups in total. The molecule has 15 heavy (non-hydrogen) atoms. The molecule has 0 rings (SSSR count). The van der Waals surface area contributed by atoms with Crippen LogP contribution >= 0.6 is 34.8 Å². The van der Waals surface area contributed by atoms with Gasteiger partial charge in [0.05, 0.1) is 5.38 Å². The maximum Gasteiger partial charge on any atom is 0.426 e. The van der Waals surface area contributed by atoms with Crippen LogP contribution in [0.2, 0.25) is 0 Å². The monoisotopic (exact) mass is 294 g/mol. The van der Waals surface area contributed by atoms with E-state index in [-0.39, 0.29) is 6.08 Å². The standard InChI is InChI=1S/C6H3Cl3F6/c7-2(4(9)6(13,14)15)1-3(8)5(10,11)12/h1-2,4H/b3-1+. The highest BCUT2D eigenvalue weighted by atomic mass is 35.5. The molecule has 0 saturated heterocycles. The van der Waals surface area contributed by atoms with Crippen molar-refractivity contribution in [2.75, 3.05) is 0 Å². The van der Waals surface area contributed by atoms with Crippen LogP contribution in [-0.2, 0) is 0 Å². The van der Waals surface area contributed by atoms with Gasteiger partial charge in [0.1, 0.15) is 10.4 Å². The topological polar surface area (TPSA) is 0 Å². The van der Waals surface area contributed by atoms with Crippen LogP contribution in [0.3, 0.4) is 0 Å². The summed E-state index contributed by atoms with van der Waals surface area (Å²) in [5, 5.41) is -6.45. The van der Waals surface area contributed by atoms with Gasteiger partial charge in [0.25, 0.3) is 0 Å². The second-order valence-corrected chi connectivity index (χ2v) is 3.78. The van der Waals surface area contributed by atoms with Gasteiger partial charge in [0, 0.05) is 0 Å². The van der Waals surface area contributed by atoms with Crippen molar-refractivity contribution >= 4 is 34.8 Å². The highest BCUT2D eigenvalue weighted by Gasteiger charge is 2.43. The Balaban J connectivity index is 4.69. The summed E-state index contributed by atoms with van der Waals surface area (Å²) in [6, 6.07) is 0. The van der Waals surface area contributed by atoms with E-state index in [2.05, 4.69) is 11.6 Å². The van der Waals surface area contributed by atoms with Gasteiger partial charge in [0.2, 0.25) is 0 Å². The fourth-order valence-electron chi connectivity index (χ4n) is 0.499. The zero-order chi connectivity index (χ0) is 12.4. The van der Waals surface area contributed by atoms with Crippen LogP contribution in [0, 0.1) is 0 Å². The SMILES string of the molecule is FC(F)(F)/C(Cl)=C\C(Cl)C(Cl)C(F)(F)F. The van der Waals surface area contributed by atoms with E-state index in [1.807, 2.05) is 0 Å². The third-order valence-corrected chi connectivity index (χ3v) is 2.53. The lowest BCUT2D eigenvalue weighted by molar-refractivity contribution is -0.129. The van der Waals surface area contributed by atoms with Crippen molar-refractivity contribution in [3.05, 3.63) is 11.1 Å². The van der Waals surface area contributed by atoms with Crippen LogP contribution in [0.5, 0.6) is 0 Å². The van der Waals surface area contributed by atoms with E-state index < -0.39 is 28.1 Å². The third-order valence-electron chi connectivity index (χ3n) is 1.17. The third kappa shape index (κ3) is 5.17. The molecule has 0 heterocycles. The predicted octanol–water partition coefficient (Wildman–Crippen LogP) is 4.45. The fourth-order valence-corrected chi connectivity index (χ4v) is 1.04. The summed E-state index contributed by atoms with van der Waals surface area (Å²) in [4.78, 5) is 0. The zero-order valence-corrected chi connectivity index (χ0v) is 8.90. The first kappa shape index (κ1) is 15.2. The number of hydrogen-bond acceptors (Lipinski definition) is 0. The largest absolute Gasteiger partial charge is 0.426 e. The van der Waals surface area contributed by atoms with E-state index in [9.17, 15) is 26.3 Å². The van der Waals surface area contributed by atoms with Gasteiger partial charge in [-0.25, -0.2) is 0 Å². The lowest BCUT2D eigenvalue weighted by Crippen LogP contribution is -2.31. The summed E-state index contributed by atoms with van der Waals surface area (Å²) in [7, 11) is 0. The maximum absolute atomic E-state index is 11.9. The highest BCUT2D eigenvalue weighted by molar-refractivity contribution is 6.34. The average molecular weight is 295 g/mol. The summed E-state index contributed by atoms with van der Waals surface area (Å²) >= 11 is 14.4. The van der Waals surface area contributed by atoms with Crippen LogP contribution in [0.25, 0.3) is 0 Å². The first-order valence-electron chi connectivity index (χ1n) is 3.25. The smallest absolute Gasteiger partial charge is 0.169 e. The quantitative estimate of drug-likeness (QED) is 0.521. The Morgan fingerprint density at radius 1 is 1.00 bits per heavy atom. The molecule has 0 fully saturated rings. The second kappa shape index (κ2) is 5.01. The number of alkyl halides is 8. The molecule has 0 aromatic rings. The van der Waals surface area contributed by atoms with Crippen molar-refractivity contribution in [1.29, 1.82) is 0 Å². The molecular formula is C6H3Cl3F6. The van der Waals surface area contributed by atoms with Gasteiger partial charge in [0.15, 0.2) is 0 Å². The molecule has 0 aromatic carbocycles. The first-order valence-corrected chi connectivity index (χ1v) is 4.50. The minimum atomic E-state index is -4.93. The van der Waals surface area contributed by atoms with Crippen LogP contribution in [0.1, 0.15) is 0 Å². The molecule has 0 radical (unpaired) electrons. The van der Waals surface area contributed by atoms with Crippen molar-refractivity contribution in [2.24, 2.45) is 0 Å². The molecule has 0 aliphatic carbocycles. The molecule has 0 bridgehead atoms. The van der Waals surface area contributed by atoms with Gasteiger partial charge in [-0.15, -0.1) is 23.2 Å². The van der Waals surface area contributed by atoms with Crippen molar-refractivity contribution in [2.45, 2.75) is 23.1 Å². The van der Waals surface area contributed by atoms with E-state index in [1.54, 1.807) is 0 Å². The van der Waals surface area contributed by atoms with Crippen molar-refractivity contribution in [3.8, 4) is 0 Å². The van der Waals surface area contributed by atoms with Gasteiger partial charge in [-0.3, -0.25) is 0 Å². The van der Waals surface area contributed by atoms with Gasteiger partial charge >= 0.3 is 12.4 Å². The first-order chi connectivity index (χ1) is 6.46. The fraction of sp³-hybridized carbons (Fsp3) is 0.667. The molecule has 2 unspecified atom stereocenters. The molecule has 0 spiro atoms. The number of allylic oxidation sites excluding steroid dienone is 2. The summed E-state index contributed by atoms with van der Waals surface area (Å²) < 4.78 is 71.0. The molecule has 0 amide bonds. The van der Waals surface area contributed by atoms with Gasteiger partial charge in [-0.1, -0.05) is 11.6 Å². The molecule has 0 aliphatic heterocycles. The lowest BCUT2D eigenvalue weighted by Gasteiger charge is -2.17. The summed E-state index contributed by atoms with van der Waals surface area (Å²) in [5.74, 6) is 0. The second-order valence-electron chi connectivity index (χ2n) is 2.40. The Hall–Kier alpha value is 0.190. The van der Waals surface area contributed by atoms with E-state index in [4.69, 9.17) is 23.2 Å². The van der Waals surface area contributed by atoms with Crippen molar-refractivity contribution in [1.82, 2.24) is 0 Å². The summed E-state index contributed by atoms with van der Waals surface area (Å²) in [6.45, 7) is 0. The van der Waals surface area contributed by atoms with Crippen LogP contribution in [-0.4, -0.2) is 23.1 Å². The Morgan fingerprint density at radius 3 is 1.67 bits per heavy atom. The maximum atomic E-state index is 11.9. The van der Waals surface area contributed by atoms with Gasteiger partial charge in [-0.2, -0.15) is 26.3 Å².